The van der Waals surface area contributed by atoms with Crippen LogP contribution in [0, 0.1) is 0 Å². The molecule has 1 unspecified atom stereocenters. The minimum Gasteiger partial charge on any atom is -0.492 e. The molecule has 7 heteroatoms. The number of rotatable bonds is 9. The van der Waals surface area contributed by atoms with E-state index in [1.54, 1.807) is 24.3 Å². The van der Waals surface area contributed by atoms with E-state index in [0.29, 0.717) is 18.9 Å². The molecule has 1 aromatic rings. The van der Waals surface area contributed by atoms with Crippen molar-refractivity contribution in [1.29, 1.82) is 0 Å². The summed E-state index contributed by atoms with van der Waals surface area (Å²) in [5, 5.41) is 2.98. The number of nitrogens with zero attached hydrogens (tertiary/aromatic N) is 1. The van der Waals surface area contributed by atoms with Crippen LogP contribution in [0.5, 0.6) is 5.75 Å². The average Bonchev–Trinajstić information content (AvgIpc) is 2.45. The van der Waals surface area contributed by atoms with E-state index < -0.39 is 10.0 Å². The molecule has 0 aliphatic heterocycles. The summed E-state index contributed by atoms with van der Waals surface area (Å²) in [6.07, 6.45) is 0. The lowest BCUT2D eigenvalue weighted by Gasteiger charge is -2.20. The molecule has 0 saturated carbocycles. The van der Waals surface area contributed by atoms with E-state index in [1.165, 1.54) is 0 Å². The number of hydrogen-bond acceptors (Lipinski definition) is 5. The normalized spacial score (nSPS) is 13.4. The van der Waals surface area contributed by atoms with E-state index in [0.717, 1.165) is 6.54 Å². The third kappa shape index (κ3) is 6.01. The van der Waals surface area contributed by atoms with Crippen molar-refractivity contribution in [2.24, 2.45) is 0 Å². The SMILES string of the molecule is CNCCOc1ccc(S(=O)(=O)NCC(C)N(C)C)cc1. The van der Waals surface area contributed by atoms with Gasteiger partial charge in [-0.05, 0) is 52.3 Å². The third-order valence-corrected chi connectivity index (χ3v) is 4.64. The zero-order valence-corrected chi connectivity index (χ0v) is 13.9. The highest BCUT2D eigenvalue weighted by Crippen LogP contribution is 2.15. The predicted molar refractivity (Wildman–Crippen MR) is 84.2 cm³/mol. The van der Waals surface area contributed by atoms with E-state index in [2.05, 4.69) is 10.0 Å². The van der Waals surface area contributed by atoms with Gasteiger partial charge in [0.1, 0.15) is 12.4 Å². The fraction of sp³-hybridized carbons (Fsp3) is 0.571. The Bertz CT molecular complexity index is 515. The molecule has 0 fully saturated rings. The molecular weight excluding hydrogens is 290 g/mol. The van der Waals surface area contributed by atoms with Crippen molar-refractivity contribution in [3.05, 3.63) is 24.3 Å². The summed E-state index contributed by atoms with van der Waals surface area (Å²) in [5.74, 6) is 0.658. The minimum atomic E-state index is -3.48. The van der Waals surface area contributed by atoms with Crippen molar-refractivity contribution < 1.29 is 13.2 Å². The molecule has 0 radical (unpaired) electrons. The van der Waals surface area contributed by atoms with Crippen molar-refractivity contribution >= 4 is 10.0 Å². The molecule has 1 rings (SSSR count). The molecule has 0 heterocycles. The van der Waals surface area contributed by atoms with Crippen molar-refractivity contribution in [3.63, 3.8) is 0 Å². The standard InChI is InChI=1S/C14H25N3O3S/c1-12(17(3)4)11-16-21(18,19)14-7-5-13(6-8-14)20-10-9-15-2/h5-8,12,15-16H,9-11H2,1-4H3. The molecule has 1 atom stereocenters. The Hall–Kier alpha value is -1.15. The van der Waals surface area contributed by atoms with Gasteiger partial charge < -0.3 is 15.0 Å². The van der Waals surface area contributed by atoms with Crippen LogP contribution in [0.3, 0.4) is 0 Å². The van der Waals surface area contributed by atoms with Gasteiger partial charge in [0.05, 0.1) is 4.90 Å². The minimum absolute atomic E-state index is 0.129. The van der Waals surface area contributed by atoms with E-state index in [4.69, 9.17) is 4.74 Å². The summed E-state index contributed by atoms with van der Waals surface area (Å²) in [6, 6.07) is 6.57. The van der Waals surface area contributed by atoms with E-state index in [-0.39, 0.29) is 10.9 Å². The molecule has 0 amide bonds. The van der Waals surface area contributed by atoms with Crippen LogP contribution in [0.25, 0.3) is 0 Å². The maximum absolute atomic E-state index is 12.2. The number of nitrogens with one attached hydrogen (secondary N) is 2. The smallest absolute Gasteiger partial charge is 0.240 e. The molecule has 120 valence electrons. The van der Waals surface area contributed by atoms with Crippen LogP contribution >= 0.6 is 0 Å². The summed E-state index contributed by atoms with van der Waals surface area (Å²) in [5.41, 5.74) is 0. The van der Waals surface area contributed by atoms with Crippen LogP contribution in [0.4, 0.5) is 0 Å². The van der Waals surface area contributed by atoms with Gasteiger partial charge in [0.2, 0.25) is 10.0 Å². The van der Waals surface area contributed by atoms with Gasteiger partial charge in [-0.1, -0.05) is 0 Å². The fourth-order valence-corrected chi connectivity index (χ4v) is 2.60. The topological polar surface area (TPSA) is 70.7 Å². The Morgan fingerprint density at radius 1 is 1.24 bits per heavy atom. The highest BCUT2D eigenvalue weighted by atomic mass is 32.2. The van der Waals surface area contributed by atoms with Crippen molar-refractivity contribution in [2.45, 2.75) is 17.9 Å². The molecule has 0 aliphatic carbocycles. The van der Waals surface area contributed by atoms with Crippen LogP contribution in [0.2, 0.25) is 0 Å². The second kappa shape index (κ2) is 8.33. The first-order chi connectivity index (χ1) is 9.86. The van der Waals surface area contributed by atoms with Gasteiger partial charge in [0, 0.05) is 19.1 Å². The summed E-state index contributed by atoms with van der Waals surface area (Å²) in [4.78, 5) is 2.20. The maximum atomic E-state index is 12.2. The number of ether oxygens (including phenoxy) is 1. The first-order valence-corrected chi connectivity index (χ1v) is 8.38. The summed E-state index contributed by atoms with van der Waals surface area (Å²) in [7, 11) is 2.20. The lowest BCUT2D eigenvalue weighted by atomic mass is 10.3. The van der Waals surface area contributed by atoms with Gasteiger partial charge in [0.15, 0.2) is 0 Å². The Morgan fingerprint density at radius 2 is 1.86 bits per heavy atom. The zero-order chi connectivity index (χ0) is 15.9. The number of benzene rings is 1. The third-order valence-electron chi connectivity index (χ3n) is 3.21. The molecule has 0 aliphatic rings. The van der Waals surface area contributed by atoms with Crippen LogP contribution in [-0.2, 0) is 10.0 Å². The van der Waals surface area contributed by atoms with E-state index in [9.17, 15) is 8.42 Å². The molecule has 21 heavy (non-hydrogen) atoms. The monoisotopic (exact) mass is 315 g/mol. The average molecular weight is 315 g/mol. The number of likely N-dealkylation sites (N-methyl/N-ethyl adjacent to an activating group) is 2. The molecule has 1 aromatic carbocycles. The van der Waals surface area contributed by atoms with Gasteiger partial charge in [-0.2, -0.15) is 0 Å². The number of hydrogen-bond donors (Lipinski definition) is 2. The first-order valence-electron chi connectivity index (χ1n) is 6.90. The van der Waals surface area contributed by atoms with Crippen LogP contribution in [0.15, 0.2) is 29.2 Å². The molecule has 0 bridgehead atoms. The van der Waals surface area contributed by atoms with Crippen molar-refractivity contribution in [2.75, 3.05) is 40.8 Å². The highest BCUT2D eigenvalue weighted by molar-refractivity contribution is 7.89. The molecular formula is C14H25N3O3S. The van der Waals surface area contributed by atoms with Gasteiger partial charge >= 0.3 is 0 Å². The predicted octanol–water partition coefficient (Wildman–Crippen LogP) is 0.513. The molecule has 0 spiro atoms. The Balaban J connectivity index is 2.62. The summed E-state index contributed by atoms with van der Waals surface area (Å²) in [6.45, 7) is 3.61. The quantitative estimate of drug-likeness (QED) is 0.650. The molecule has 2 N–H and O–H groups in total. The van der Waals surface area contributed by atoms with Gasteiger partial charge in [-0.3, -0.25) is 0 Å². The summed E-state index contributed by atoms with van der Waals surface area (Å²) < 4.78 is 32.4. The van der Waals surface area contributed by atoms with Crippen molar-refractivity contribution in [1.82, 2.24) is 14.9 Å². The van der Waals surface area contributed by atoms with Crippen molar-refractivity contribution in [3.8, 4) is 5.75 Å². The molecule has 0 saturated heterocycles. The maximum Gasteiger partial charge on any atom is 0.240 e. The second-order valence-electron chi connectivity index (χ2n) is 5.09. The lowest BCUT2D eigenvalue weighted by molar-refractivity contribution is 0.314. The number of sulfonamides is 1. The van der Waals surface area contributed by atoms with Gasteiger partial charge in [0.25, 0.3) is 0 Å². The van der Waals surface area contributed by atoms with E-state index >= 15 is 0 Å². The van der Waals surface area contributed by atoms with Gasteiger partial charge in [-0.15, -0.1) is 0 Å². The molecule has 6 nitrogen and oxygen atoms in total. The summed E-state index contributed by atoms with van der Waals surface area (Å²) >= 11 is 0. The fourth-order valence-electron chi connectivity index (χ4n) is 1.48. The zero-order valence-electron chi connectivity index (χ0n) is 13.1. The van der Waals surface area contributed by atoms with Crippen LogP contribution in [-0.4, -0.2) is 60.2 Å². The van der Waals surface area contributed by atoms with E-state index in [1.807, 2.05) is 33.0 Å². The molecule has 0 aromatic heterocycles. The first kappa shape index (κ1) is 17.9. The highest BCUT2D eigenvalue weighted by Gasteiger charge is 2.15. The Morgan fingerprint density at radius 3 is 2.38 bits per heavy atom. The van der Waals surface area contributed by atoms with Crippen LogP contribution < -0.4 is 14.8 Å². The second-order valence-corrected chi connectivity index (χ2v) is 6.85. The van der Waals surface area contributed by atoms with Crippen LogP contribution in [0.1, 0.15) is 6.92 Å². The Kier molecular flexibility index (Phi) is 7.10. The Labute approximate surface area is 127 Å². The lowest BCUT2D eigenvalue weighted by Crippen LogP contribution is -2.38. The van der Waals surface area contributed by atoms with Gasteiger partial charge in [-0.25, -0.2) is 13.1 Å². The largest absolute Gasteiger partial charge is 0.492 e.